The van der Waals surface area contributed by atoms with Gasteiger partial charge in [-0.15, -0.1) is 0 Å². The maximum absolute atomic E-state index is 12.8. The molecule has 4 aromatic rings. The summed E-state index contributed by atoms with van der Waals surface area (Å²) >= 11 is 0. The molecule has 6 heteroatoms. The Labute approximate surface area is 191 Å². The Morgan fingerprint density at radius 1 is 0.879 bits per heavy atom. The van der Waals surface area contributed by atoms with Gasteiger partial charge >= 0.3 is 0 Å². The van der Waals surface area contributed by atoms with E-state index in [1.54, 1.807) is 18.5 Å². The van der Waals surface area contributed by atoms with Crippen molar-refractivity contribution >= 4 is 12.1 Å². The van der Waals surface area contributed by atoms with Crippen LogP contribution in [0.5, 0.6) is 5.75 Å². The SMILES string of the molecule is O=C(N/N=C\c1ccccc1COc1ccccc1)c1cccn(Cc2ccccc2)c1=O. The molecule has 0 saturated carbocycles. The van der Waals surface area contributed by atoms with E-state index in [1.165, 1.54) is 10.6 Å². The summed E-state index contributed by atoms with van der Waals surface area (Å²) < 4.78 is 7.32. The summed E-state index contributed by atoms with van der Waals surface area (Å²) in [7, 11) is 0. The van der Waals surface area contributed by atoms with Crippen LogP contribution in [0.3, 0.4) is 0 Å². The van der Waals surface area contributed by atoms with Gasteiger partial charge in [0.2, 0.25) is 0 Å². The third kappa shape index (κ3) is 5.83. The molecule has 1 N–H and O–H groups in total. The zero-order chi connectivity index (χ0) is 22.9. The number of amides is 1. The van der Waals surface area contributed by atoms with Crippen LogP contribution >= 0.6 is 0 Å². The lowest BCUT2D eigenvalue weighted by Crippen LogP contribution is -2.30. The number of aromatic nitrogens is 1. The molecule has 0 aliphatic rings. The average molecular weight is 437 g/mol. The number of benzene rings is 3. The van der Waals surface area contributed by atoms with E-state index in [2.05, 4.69) is 10.5 Å². The summed E-state index contributed by atoms with van der Waals surface area (Å²) in [6.45, 7) is 0.752. The molecule has 164 valence electrons. The molecule has 6 nitrogen and oxygen atoms in total. The van der Waals surface area contributed by atoms with Crippen molar-refractivity contribution in [3.63, 3.8) is 0 Å². The largest absolute Gasteiger partial charge is 0.489 e. The van der Waals surface area contributed by atoms with Crippen LogP contribution in [-0.2, 0) is 13.2 Å². The Morgan fingerprint density at radius 2 is 1.58 bits per heavy atom. The molecular formula is C27H23N3O3. The molecule has 4 rings (SSSR count). The van der Waals surface area contributed by atoms with E-state index >= 15 is 0 Å². The molecule has 0 atom stereocenters. The molecule has 0 radical (unpaired) electrons. The second kappa shape index (κ2) is 10.7. The Morgan fingerprint density at radius 3 is 2.36 bits per heavy atom. The maximum atomic E-state index is 12.8. The molecule has 0 fully saturated rings. The molecule has 0 spiro atoms. The molecule has 33 heavy (non-hydrogen) atoms. The zero-order valence-electron chi connectivity index (χ0n) is 17.9. The summed E-state index contributed by atoms with van der Waals surface area (Å²) in [5, 5.41) is 4.06. The first-order valence-corrected chi connectivity index (χ1v) is 10.5. The van der Waals surface area contributed by atoms with Crippen LogP contribution in [0.1, 0.15) is 27.0 Å². The van der Waals surface area contributed by atoms with Gasteiger partial charge in [-0.3, -0.25) is 9.59 Å². The second-order valence-electron chi connectivity index (χ2n) is 7.34. The van der Waals surface area contributed by atoms with Crippen molar-refractivity contribution in [2.45, 2.75) is 13.2 Å². The third-order valence-electron chi connectivity index (χ3n) is 5.02. The maximum Gasteiger partial charge on any atom is 0.276 e. The highest BCUT2D eigenvalue weighted by atomic mass is 16.5. The van der Waals surface area contributed by atoms with Crippen molar-refractivity contribution in [3.05, 3.63) is 136 Å². The number of nitrogens with zero attached hydrogens (tertiary/aromatic N) is 2. The monoisotopic (exact) mass is 437 g/mol. The van der Waals surface area contributed by atoms with Crippen molar-refractivity contribution in [1.29, 1.82) is 0 Å². The van der Waals surface area contributed by atoms with Crippen LogP contribution in [0.4, 0.5) is 0 Å². The molecule has 1 aromatic heterocycles. The number of carbonyl (C=O) groups is 1. The van der Waals surface area contributed by atoms with E-state index in [0.717, 1.165) is 22.4 Å². The van der Waals surface area contributed by atoms with Crippen LogP contribution in [0.2, 0.25) is 0 Å². The van der Waals surface area contributed by atoms with E-state index in [9.17, 15) is 9.59 Å². The first kappa shape index (κ1) is 21.8. The van der Waals surface area contributed by atoms with Gasteiger partial charge in [-0.1, -0.05) is 72.8 Å². The molecule has 3 aromatic carbocycles. The molecule has 0 aliphatic heterocycles. The smallest absolute Gasteiger partial charge is 0.276 e. The van der Waals surface area contributed by atoms with Gasteiger partial charge in [0, 0.05) is 11.8 Å². The summed E-state index contributed by atoms with van der Waals surface area (Å²) in [5.74, 6) is 0.213. The molecule has 0 bridgehead atoms. The highest BCUT2D eigenvalue weighted by Gasteiger charge is 2.11. The number of carbonyl (C=O) groups excluding carboxylic acids is 1. The number of rotatable bonds is 8. The van der Waals surface area contributed by atoms with E-state index < -0.39 is 5.91 Å². The highest BCUT2D eigenvalue weighted by Crippen LogP contribution is 2.13. The van der Waals surface area contributed by atoms with Crippen molar-refractivity contribution in [2.75, 3.05) is 0 Å². The summed E-state index contributed by atoms with van der Waals surface area (Å²) in [5.41, 5.74) is 4.83. The molecule has 0 aliphatic carbocycles. The van der Waals surface area contributed by atoms with Crippen LogP contribution < -0.4 is 15.7 Å². The Bertz CT molecular complexity index is 1300. The minimum Gasteiger partial charge on any atom is -0.489 e. The number of hydrazone groups is 1. The van der Waals surface area contributed by atoms with Gasteiger partial charge in [-0.05, 0) is 35.4 Å². The fourth-order valence-corrected chi connectivity index (χ4v) is 3.30. The fraction of sp³-hybridized carbons (Fsp3) is 0.0741. The van der Waals surface area contributed by atoms with Crippen LogP contribution in [-0.4, -0.2) is 16.7 Å². The van der Waals surface area contributed by atoms with Crippen LogP contribution in [0, 0.1) is 0 Å². The van der Waals surface area contributed by atoms with Gasteiger partial charge in [-0.2, -0.15) is 5.10 Å². The van der Waals surface area contributed by atoms with E-state index in [1.807, 2.05) is 84.9 Å². The molecule has 1 heterocycles. The molecule has 0 saturated heterocycles. The standard InChI is InChI=1S/C27H23N3O3/c31-26(25-16-9-17-30(27(25)32)19-21-10-3-1-4-11-21)29-28-18-22-12-7-8-13-23(22)20-33-24-14-5-2-6-15-24/h1-18H,19-20H2,(H,29,31)/b28-18-. The predicted octanol–water partition coefficient (Wildman–Crippen LogP) is 4.24. The number of hydrogen-bond donors (Lipinski definition) is 1. The Balaban J connectivity index is 1.43. The highest BCUT2D eigenvalue weighted by molar-refractivity contribution is 5.94. The lowest BCUT2D eigenvalue weighted by molar-refractivity contribution is 0.0953. The van der Waals surface area contributed by atoms with E-state index in [0.29, 0.717) is 13.2 Å². The average Bonchev–Trinajstić information content (AvgIpc) is 2.86. The van der Waals surface area contributed by atoms with Crippen molar-refractivity contribution in [1.82, 2.24) is 9.99 Å². The quantitative estimate of drug-likeness (QED) is 0.331. The van der Waals surface area contributed by atoms with Crippen molar-refractivity contribution < 1.29 is 9.53 Å². The first-order chi connectivity index (χ1) is 16.2. The van der Waals surface area contributed by atoms with Gasteiger partial charge < -0.3 is 9.30 Å². The van der Waals surface area contributed by atoms with Gasteiger partial charge in [0.1, 0.15) is 17.9 Å². The minimum absolute atomic E-state index is 0.0336. The summed E-state index contributed by atoms with van der Waals surface area (Å²) in [6.07, 6.45) is 3.21. The van der Waals surface area contributed by atoms with Gasteiger partial charge in [-0.25, -0.2) is 5.43 Å². The van der Waals surface area contributed by atoms with Crippen LogP contribution in [0.25, 0.3) is 0 Å². The molecule has 1 amide bonds. The predicted molar refractivity (Wildman–Crippen MR) is 129 cm³/mol. The van der Waals surface area contributed by atoms with Gasteiger partial charge in [0.15, 0.2) is 0 Å². The Kier molecular flexibility index (Phi) is 7.08. The Hall–Kier alpha value is -4.45. The summed E-state index contributed by atoms with van der Waals surface area (Å²) in [6, 6.07) is 29.9. The van der Waals surface area contributed by atoms with Gasteiger partial charge in [0.05, 0.1) is 12.8 Å². The first-order valence-electron chi connectivity index (χ1n) is 10.5. The second-order valence-corrected chi connectivity index (χ2v) is 7.34. The van der Waals surface area contributed by atoms with Gasteiger partial charge in [0.25, 0.3) is 11.5 Å². The number of ether oxygens (including phenoxy) is 1. The zero-order valence-corrected chi connectivity index (χ0v) is 17.9. The normalized spacial score (nSPS) is 10.8. The van der Waals surface area contributed by atoms with Crippen molar-refractivity contribution in [2.24, 2.45) is 5.10 Å². The van der Waals surface area contributed by atoms with E-state index in [4.69, 9.17) is 4.74 Å². The molecular weight excluding hydrogens is 414 g/mol. The van der Waals surface area contributed by atoms with E-state index in [-0.39, 0.29) is 11.1 Å². The summed E-state index contributed by atoms with van der Waals surface area (Å²) in [4.78, 5) is 25.3. The minimum atomic E-state index is -0.559. The van der Waals surface area contributed by atoms with Crippen molar-refractivity contribution in [3.8, 4) is 5.75 Å². The molecule has 0 unspecified atom stereocenters. The third-order valence-corrected chi connectivity index (χ3v) is 5.02. The topological polar surface area (TPSA) is 72.7 Å². The lowest BCUT2D eigenvalue weighted by atomic mass is 10.1. The number of para-hydroxylation sites is 1. The number of nitrogens with one attached hydrogen (secondary N) is 1. The fourth-order valence-electron chi connectivity index (χ4n) is 3.30. The number of hydrogen-bond acceptors (Lipinski definition) is 4. The number of pyridine rings is 1. The van der Waals surface area contributed by atoms with Crippen LogP contribution in [0.15, 0.2) is 113 Å². The lowest BCUT2D eigenvalue weighted by Gasteiger charge is -2.09.